The van der Waals surface area contributed by atoms with Crippen LogP contribution in [-0.2, 0) is 4.74 Å². The Bertz CT molecular complexity index is 415. The first-order chi connectivity index (χ1) is 9.01. The van der Waals surface area contributed by atoms with Gasteiger partial charge >= 0.3 is 0 Å². The molecule has 5 heteroatoms. The monoisotopic (exact) mass is 335 g/mol. The average Bonchev–Trinajstić information content (AvgIpc) is 2.35. The van der Waals surface area contributed by atoms with E-state index in [2.05, 4.69) is 21.2 Å². The molecule has 19 heavy (non-hydrogen) atoms. The fourth-order valence-corrected chi connectivity index (χ4v) is 2.51. The van der Waals surface area contributed by atoms with Gasteiger partial charge in [0.05, 0.1) is 4.47 Å². The summed E-state index contributed by atoms with van der Waals surface area (Å²) in [6.07, 6.45) is 0.617. The van der Waals surface area contributed by atoms with E-state index < -0.39 is 11.6 Å². The van der Waals surface area contributed by atoms with E-state index in [1.807, 2.05) is 13.8 Å². The van der Waals surface area contributed by atoms with E-state index >= 15 is 0 Å². The highest BCUT2D eigenvalue weighted by molar-refractivity contribution is 9.10. The van der Waals surface area contributed by atoms with Crippen molar-refractivity contribution in [1.82, 2.24) is 5.32 Å². The average molecular weight is 336 g/mol. The van der Waals surface area contributed by atoms with Crippen molar-refractivity contribution in [3.8, 4) is 0 Å². The first-order valence-electron chi connectivity index (χ1n) is 6.36. The van der Waals surface area contributed by atoms with Crippen molar-refractivity contribution >= 4 is 15.9 Å². The third-order valence-electron chi connectivity index (χ3n) is 2.97. The predicted octanol–water partition coefficient (Wildman–Crippen LogP) is 4.05. The summed E-state index contributed by atoms with van der Waals surface area (Å²) in [5.41, 5.74) is 0.0965. The van der Waals surface area contributed by atoms with Gasteiger partial charge < -0.3 is 10.1 Å². The Labute approximate surface area is 121 Å². The molecule has 0 aliphatic rings. The molecule has 2 atom stereocenters. The number of nitrogens with one attached hydrogen (secondary N) is 1. The summed E-state index contributed by atoms with van der Waals surface area (Å²) in [7, 11) is 1.62. The van der Waals surface area contributed by atoms with Gasteiger partial charge in [-0.1, -0.05) is 13.8 Å². The van der Waals surface area contributed by atoms with Crippen molar-refractivity contribution in [2.45, 2.75) is 26.3 Å². The van der Waals surface area contributed by atoms with Gasteiger partial charge in [0.2, 0.25) is 0 Å². The van der Waals surface area contributed by atoms with E-state index in [9.17, 15) is 8.78 Å². The van der Waals surface area contributed by atoms with Gasteiger partial charge in [-0.15, -0.1) is 0 Å². The van der Waals surface area contributed by atoms with Gasteiger partial charge in [-0.25, -0.2) is 8.78 Å². The zero-order valence-corrected chi connectivity index (χ0v) is 13.1. The number of hydrogen-bond acceptors (Lipinski definition) is 2. The van der Waals surface area contributed by atoms with Gasteiger partial charge in [0.15, 0.2) is 0 Å². The molecule has 0 heterocycles. The minimum absolute atomic E-state index is 0.0965. The van der Waals surface area contributed by atoms with Crippen LogP contribution in [0.4, 0.5) is 8.78 Å². The van der Waals surface area contributed by atoms with E-state index in [1.54, 1.807) is 7.11 Å². The van der Waals surface area contributed by atoms with Crippen LogP contribution in [0.5, 0.6) is 0 Å². The third-order valence-corrected chi connectivity index (χ3v) is 3.58. The molecule has 0 saturated heterocycles. The van der Waals surface area contributed by atoms with E-state index in [0.717, 1.165) is 0 Å². The standard InChI is InChI=1S/C14H20BrF2NO/c1-4-18-12(7-9(2)8-19-3)13-11(16)6-5-10(15)14(13)17/h5-6,9,12,18H,4,7-8H2,1-3H3. The zero-order valence-electron chi connectivity index (χ0n) is 11.5. The maximum absolute atomic E-state index is 14.1. The topological polar surface area (TPSA) is 21.3 Å². The zero-order chi connectivity index (χ0) is 14.4. The molecular weight excluding hydrogens is 316 g/mol. The highest BCUT2D eigenvalue weighted by Crippen LogP contribution is 2.30. The first kappa shape index (κ1) is 16.5. The Kier molecular flexibility index (Phi) is 6.89. The third kappa shape index (κ3) is 4.51. The molecule has 0 fully saturated rings. The summed E-state index contributed by atoms with van der Waals surface area (Å²) in [5, 5.41) is 3.14. The Morgan fingerprint density at radius 2 is 2.05 bits per heavy atom. The van der Waals surface area contributed by atoms with Crippen LogP contribution in [-0.4, -0.2) is 20.3 Å². The van der Waals surface area contributed by atoms with Crippen LogP contribution < -0.4 is 5.32 Å². The van der Waals surface area contributed by atoms with Gasteiger partial charge in [0.25, 0.3) is 0 Å². The summed E-state index contributed by atoms with van der Waals surface area (Å²) in [4.78, 5) is 0. The summed E-state index contributed by atoms with van der Waals surface area (Å²) in [5.74, 6) is -0.835. The van der Waals surface area contributed by atoms with Gasteiger partial charge in [-0.3, -0.25) is 0 Å². The molecule has 0 aromatic heterocycles. The fraction of sp³-hybridized carbons (Fsp3) is 0.571. The van der Waals surface area contributed by atoms with Gasteiger partial charge in [-0.2, -0.15) is 0 Å². The summed E-state index contributed by atoms with van der Waals surface area (Å²) in [6.45, 7) is 5.14. The second kappa shape index (κ2) is 7.92. The minimum atomic E-state index is -0.532. The molecule has 0 bridgehead atoms. The normalized spacial score (nSPS) is 14.4. The first-order valence-corrected chi connectivity index (χ1v) is 7.16. The SMILES string of the molecule is CCNC(CC(C)COC)c1c(F)ccc(Br)c1F. The largest absolute Gasteiger partial charge is 0.384 e. The lowest BCUT2D eigenvalue weighted by Crippen LogP contribution is -2.26. The Balaban J connectivity index is 3.01. The van der Waals surface area contributed by atoms with Gasteiger partial charge in [0.1, 0.15) is 11.6 Å². The molecule has 108 valence electrons. The maximum atomic E-state index is 14.1. The van der Waals surface area contributed by atoms with E-state index in [4.69, 9.17) is 4.74 Å². The molecule has 0 spiro atoms. The van der Waals surface area contributed by atoms with Crippen molar-refractivity contribution in [3.05, 3.63) is 33.8 Å². The number of rotatable bonds is 7. The second-order valence-corrected chi connectivity index (χ2v) is 5.52. The Morgan fingerprint density at radius 3 is 2.63 bits per heavy atom. The Morgan fingerprint density at radius 1 is 1.37 bits per heavy atom. The van der Waals surface area contributed by atoms with Crippen LogP contribution >= 0.6 is 15.9 Å². The van der Waals surface area contributed by atoms with Gasteiger partial charge in [0, 0.05) is 25.3 Å². The smallest absolute Gasteiger partial charge is 0.145 e. The second-order valence-electron chi connectivity index (χ2n) is 4.66. The lowest BCUT2D eigenvalue weighted by atomic mass is 9.95. The lowest BCUT2D eigenvalue weighted by Gasteiger charge is -2.23. The van der Waals surface area contributed by atoms with E-state index in [1.165, 1.54) is 12.1 Å². The van der Waals surface area contributed by atoms with Crippen LogP contribution in [0.1, 0.15) is 31.9 Å². The van der Waals surface area contributed by atoms with Crippen molar-refractivity contribution in [1.29, 1.82) is 0 Å². The number of benzene rings is 1. The molecule has 1 aromatic carbocycles. The van der Waals surface area contributed by atoms with Crippen molar-refractivity contribution in [2.24, 2.45) is 5.92 Å². The predicted molar refractivity (Wildman–Crippen MR) is 76.1 cm³/mol. The number of halogens is 3. The summed E-state index contributed by atoms with van der Waals surface area (Å²) < 4.78 is 33.4. The minimum Gasteiger partial charge on any atom is -0.384 e. The fourth-order valence-electron chi connectivity index (χ4n) is 2.17. The number of methoxy groups -OCH3 is 1. The van der Waals surface area contributed by atoms with Crippen molar-refractivity contribution < 1.29 is 13.5 Å². The molecule has 2 nitrogen and oxygen atoms in total. The van der Waals surface area contributed by atoms with Crippen LogP contribution in [0, 0.1) is 17.6 Å². The van der Waals surface area contributed by atoms with Crippen molar-refractivity contribution in [2.75, 3.05) is 20.3 Å². The molecule has 0 radical (unpaired) electrons. The van der Waals surface area contributed by atoms with Crippen LogP contribution in [0.2, 0.25) is 0 Å². The molecule has 1 rings (SSSR count). The molecule has 2 unspecified atom stereocenters. The number of hydrogen-bond donors (Lipinski definition) is 1. The van der Waals surface area contributed by atoms with Crippen LogP contribution in [0.3, 0.4) is 0 Å². The molecule has 0 aliphatic heterocycles. The number of ether oxygens (including phenoxy) is 1. The maximum Gasteiger partial charge on any atom is 0.145 e. The molecule has 0 aliphatic carbocycles. The molecule has 1 N–H and O–H groups in total. The lowest BCUT2D eigenvalue weighted by molar-refractivity contribution is 0.149. The molecule has 0 saturated carbocycles. The quantitative estimate of drug-likeness (QED) is 0.759. The van der Waals surface area contributed by atoms with E-state index in [0.29, 0.717) is 19.6 Å². The highest BCUT2D eigenvalue weighted by Gasteiger charge is 2.23. The van der Waals surface area contributed by atoms with Crippen molar-refractivity contribution in [3.63, 3.8) is 0 Å². The van der Waals surface area contributed by atoms with E-state index in [-0.39, 0.29) is 22.0 Å². The van der Waals surface area contributed by atoms with Crippen LogP contribution in [0.15, 0.2) is 16.6 Å². The summed E-state index contributed by atoms with van der Waals surface area (Å²) >= 11 is 3.10. The highest BCUT2D eigenvalue weighted by atomic mass is 79.9. The molecule has 1 aromatic rings. The summed E-state index contributed by atoms with van der Waals surface area (Å²) in [6, 6.07) is 2.32. The Hall–Kier alpha value is -0.520. The molecule has 0 amide bonds. The van der Waals surface area contributed by atoms with Gasteiger partial charge in [-0.05, 0) is 46.9 Å². The molecular formula is C14H20BrF2NO. The van der Waals surface area contributed by atoms with Crippen LogP contribution in [0.25, 0.3) is 0 Å².